The van der Waals surface area contributed by atoms with Gasteiger partial charge in [-0.25, -0.2) is 9.98 Å². The second-order valence-electron chi connectivity index (χ2n) is 3.11. The average Bonchev–Trinajstić information content (AvgIpc) is 2.54. The largest absolute Gasteiger partial charge is 0.397 e. The second-order valence-corrected chi connectivity index (χ2v) is 4.11. The Morgan fingerprint density at radius 1 is 1.60 bits per heavy atom. The Bertz CT molecular complexity index is 559. The molecule has 0 saturated carbocycles. The van der Waals surface area contributed by atoms with E-state index in [9.17, 15) is 4.79 Å². The van der Waals surface area contributed by atoms with E-state index in [-0.39, 0.29) is 0 Å². The van der Waals surface area contributed by atoms with Crippen molar-refractivity contribution >= 4 is 39.9 Å². The lowest BCUT2D eigenvalue weighted by molar-refractivity contribution is 0.101. The van der Waals surface area contributed by atoms with Crippen LogP contribution in [0.1, 0.15) is 15.4 Å². The standard InChI is InChI=1S/C10H9N3OS/c1-5-3-4-6-7(11)8(9(14)12-2)15-10(6)13-5/h3-4H,2,11H2,1H3. The fourth-order valence-corrected chi connectivity index (χ4v) is 2.36. The Morgan fingerprint density at radius 3 is 3.00 bits per heavy atom. The Balaban J connectivity index is 2.74. The van der Waals surface area contributed by atoms with E-state index in [1.165, 1.54) is 11.3 Å². The zero-order chi connectivity index (χ0) is 11.0. The Morgan fingerprint density at radius 2 is 2.33 bits per heavy atom. The highest BCUT2D eigenvalue weighted by Gasteiger charge is 2.15. The van der Waals surface area contributed by atoms with Crippen molar-refractivity contribution in [2.75, 3.05) is 5.73 Å². The maximum absolute atomic E-state index is 11.4. The molecule has 0 aliphatic rings. The first-order chi connectivity index (χ1) is 7.13. The minimum absolute atomic E-state index is 0.395. The van der Waals surface area contributed by atoms with E-state index in [1.54, 1.807) is 0 Å². The summed E-state index contributed by atoms with van der Waals surface area (Å²) in [5.41, 5.74) is 7.17. The predicted molar refractivity (Wildman–Crippen MR) is 62.6 cm³/mol. The van der Waals surface area contributed by atoms with E-state index in [0.717, 1.165) is 15.9 Å². The van der Waals surface area contributed by atoms with Crippen LogP contribution in [-0.4, -0.2) is 17.6 Å². The van der Waals surface area contributed by atoms with E-state index in [0.29, 0.717) is 10.6 Å². The number of thiophene rings is 1. The van der Waals surface area contributed by atoms with Crippen LogP contribution in [0.5, 0.6) is 0 Å². The highest BCUT2D eigenvalue weighted by atomic mass is 32.1. The molecule has 0 aliphatic carbocycles. The van der Waals surface area contributed by atoms with E-state index >= 15 is 0 Å². The summed E-state index contributed by atoms with van der Waals surface area (Å²) in [6.07, 6.45) is 0. The minimum atomic E-state index is -0.395. The zero-order valence-corrected chi connectivity index (χ0v) is 8.97. The van der Waals surface area contributed by atoms with Crippen LogP contribution in [0.25, 0.3) is 10.2 Å². The molecule has 2 N–H and O–H groups in total. The number of aromatic nitrogens is 1. The molecule has 76 valence electrons. The molecule has 0 fully saturated rings. The Labute approximate surface area is 90.5 Å². The van der Waals surface area contributed by atoms with E-state index in [2.05, 4.69) is 16.7 Å². The number of fused-ring (bicyclic) bond motifs is 1. The van der Waals surface area contributed by atoms with Gasteiger partial charge in [-0.1, -0.05) is 0 Å². The van der Waals surface area contributed by atoms with Crippen LogP contribution in [-0.2, 0) is 0 Å². The molecule has 2 rings (SSSR count). The molecule has 2 aromatic heterocycles. The van der Waals surface area contributed by atoms with Crippen LogP contribution in [0.2, 0.25) is 0 Å². The van der Waals surface area contributed by atoms with Gasteiger partial charge in [0, 0.05) is 11.1 Å². The number of carbonyl (C=O) groups is 1. The highest BCUT2D eigenvalue weighted by molar-refractivity contribution is 7.21. The summed E-state index contributed by atoms with van der Waals surface area (Å²) in [6, 6.07) is 3.73. The van der Waals surface area contributed by atoms with E-state index in [1.807, 2.05) is 19.1 Å². The van der Waals surface area contributed by atoms with Crippen LogP contribution in [0.3, 0.4) is 0 Å². The van der Waals surface area contributed by atoms with Crippen molar-refractivity contribution in [1.29, 1.82) is 0 Å². The van der Waals surface area contributed by atoms with Gasteiger partial charge in [0.2, 0.25) is 0 Å². The third-order valence-corrected chi connectivity index (χ3v) is 3.17. The van der Waals surface area contributed by atoms with Gasteiger partial charge in [0.1, 0.15) is 9.71 Å². The van der Waals surface area contributed by atoms with Crippen molar-refractivity contribution in [3.05, 3.63) is 22.7 Å². The molecule has 0 radical (unpaired) electrons. The number of nitrogen functional groups attached to an aromatic ring is 1. The molecule has 2 aromatic rings. The van der Waals surface area contributed by atoms with Gasteiger partial charge in [-0.2, -0.15) is 0 Å². The minimum Gasteiger partial charge on any atom is -0.397 e. The van der Waals surface area contributed by atoms with Gasteiger partial charge in [-0.3, -0.25) is 4.79 Å². The second kappa shape index (κ2) is 3.43. The van der Waals surface area contributed by atoms with Crippen molar-refractivity contribution in [1.82, 2.24) is 4.98 Å². The molecule has 0 aliphatic heterocycles. The van der Waals surface area contributed by atoms with Gasteiger partial charge in [-0.15, -0.1) is 11.3 Å². The van der Waals surface area contributed by atoms with Crippen LogP contribution >= 0.6 is 11.3 Å². The molecule has 15 heavy (non-hydrogen) atoms. The maximum Gasteiger partial charge on any atom is 0.288 e. The number of carbonyl (C=O) groups excluding carboxylic acids is 1. The van der Waals surface area contributed by atoms with Gasteiger partial charge in [0.05, 0.1) is 5.69 Å². The molecule has 0 saturated heterocycles. The molecular formula is C10H9N3OS. The molecule has 5 heteroatoms. The maximum atomic E-state index is 11.4. The topological polar surface area (TPSA) is 68.3 Å². The molecule has 0 unspecified atom stereocenters. The number of rotatable bonds is 1. The first kappa shape index (κ1) is 9.79. The number of nitrogens with two attached hydrogens (primary N) is 1. The highest BCUT2D eigenvalue weighted by Crippen LogP contribution is 2.32. The summed E-state index contributed by atoms with van der Waals surface area (Å²) in [7, 11) is 0. The third-order valence-electron chi connectivity index (χ3n) is 2.07. The molecule has 0 bridgehead atoms. The van der Waals surface area contributed by atoms with Gasteiger partial charge in [0.15, 0.2) is 0 Å². The number of amides is 1. The SMILES string of the molecule is C=NC(=O)c1sc2nc(C)ccc2c1N. The molecule has 0 spiro atoms. The summed E-state index contributed by atoms with van der Waals surface area (Å²) < 4.78 is 0. The summed E-state index contributed by atoms with van der Waals surface area (Å²) >= 11 is 1.25. The molecule has 1 amide bonds. The van der Waals surface area contributed by atoms with Crippen molar-refractivity contribution < 1.29 is 4.79 Å². The van der Waals surface area contributed by atoms with E-state index in [4.69, 9.17) is 5.73 Å². The average molecular weight is 219 g/mol. The number of anilines is 1. The lowest BCUT2D eigenvalue weighted by Crippen LogP contribution is -1.95. The Hall–Kier alpha value is -1.75. The molecular weight excluding hydrogens is 210 g/mol. The summed E-state index contributed by atoms with van der Waals surface area (Å²) in [4.78, 5) is 20.2. The fraction of sp³-hybridized carbons (Fsp3) is 0.100. The lowest BCUT2D eigenvalue weighted by atomic mass is 10.2. The number of hydrogen-bond donors (Lipinski definition) is 1. The fourth-order valence-electron chi connectivity index (χ4n) is 1.32. The number of aryl methyl sites for hydroxylation is 1. The molecule has 0 atom stereocenters. The molecule has 2 heterocycles. The Kier molecular flexibility index (Phi) is 2.24. The van der Waals surface area contributed by atoms with Gasteiger partial charge in [0.25, 0.3) is 5.91 Å². The summed E-state index contributed by atoms with van der Waals surface area (Å²) in [6.45, 7) is 5.09. The van der Waals surface area contributed by atoms with Crippen molar-refractivity contribution in [2.24, 2.45) is 4.99 Å². The van der Waals surface area contributed by atoms with E-state index < -0.39 is 5.91 Å². The molecule has 4 nitrogen and oxygen atoms in total. The van der Waals surface area contributed by atoms with Crippen LogP contribution in [0.15, 0.2) is 17.1 Å². The first-order valence-electron chi connectivity index (χ1n) is 4.30. The van der Waals surface area contributed by atoms with Gasteiger partial charge < -0.3 is 5.73 Å². The molecule has 0 aromatic carbocycles. The smallest absolute Gasteiger partial charge is 0.288 e. The van der Waals surface area contributed by atoms with Gasteiger partial charge in [-0.05, 0) is 25.8 Å². The van der Waals surface area contributed by atoms with Crippen LogP contribution in [0, 0.1) is 6.92 Å². The van der Waals surface area contributed by atoms with Crippen molar-refractivity contribution in [3.8, 4) is 0 Å². The number of hydrogen-bond acceptors (Lipinski definition) is 4. The lowest BCUT2D eigenvalue weighted by Gasteiger charge is -1.93. The summed E-state index contributed by atoms with van der Waals surface area (Å²) in [5, 5.41) is 0.803. The first-order valence-corrected chi connectivity index (χ1v) is 5.12. The third kappa shape index (κ3) is 1.50. The predicted octanol–water partition coefficient (Wildman–Crippen LogP) is 2.03. The summed E-state index contributed by atoms with van der Waals surface area (Å²) in [5.74, 6) is -0.395. The normalized spacial score (nSPS) is 10.5. The quantitative estimate of drug-likeness (QED) is 0.746. The number of aliphatic imine (C=N–C) groups is 1. The number of nitrogens with zero attached hydrogens (tertiary/aromatic N) is 2. The zero-order valence-electron chi connectivity index (χ0n) is 8.15. The van der Waals surface area contributed by atoms with Crippen molar-refractivity contribution in [2.45, 2.75) is 6.92 Å². The van der Waals surface area contributed by atoms with Crippen LogP contribution < -0.4 is 5.73 Å². The monoisotopic (exact) mass is 219 g/mol. The number of pyridine rings is 1. The van der Waals surface area contributed by atoms with Crippen molar-refractivity contribution in [3.63, 3.8) is 0 Å². The van der Waals surface area contributed by atoms with Crippen LogP contribution in [0.4, 0.5) is 5.69 Å². The van der Waals surface area contributed by atoms with Gasteiger partial charge >= 0.3 is 0 Å².